The summed E-state index contributed by atoms with van der Waals surface area (Å²) in [6.07, 6.45) is 1.32. The number of hydrogen-bond acceptors (Lipinski definition) is 7. The predicted molar refractivity (Wildman–Crippen MR) is 95.9 cm³/mol. The van der Waals surface area contributed by atoms with E-state index in [1.165, 1.54) is 18.5 Å². The van der Waals surface area contributed by atoms with E-state index in [0.29, 0.717) is 17.3 Å². The third-order valence-electron chi connectivity index (χ3n) is 3.50. The van der Waals surface area contributed by atoms with Gasteiger partial charge in [0.2, 0.25) is 17.8 Å². The molecule has 0 spiro atoms. The topological polar surface area (TPSA) is 101 Å². The highest BCUT2D eigenvalue weighted by Crippen LogP contribution is 2.22. The molecule has 3 aromatic rings. The maximum atomic E-state index is 13.9. The van der Waals surface area contributed by atoms with Gasteiger partial charge in [-0.1, -0.05) is 6.07 Å². The van der Waals surface area contributed by atoms with Crippen LogP contribution in [0.15, 0.2) is 30.6 Å². The molecule has 0 aliphatic rings. The highest BCUT2D eigenvalue weighted by Gasteiger charge is 2.13. The van der Waals surface area contributed by atoms with Gasteiger partial charge in [0, 0.05) is 17.7 Å². The van der Waals surface area contributed by atoms with E-state index in [4.69, 9.17) is 4.74 Å². The van der Waals surface area contributed by atoms with E-state index < -0.39 is 17.7 Å². The van der Waals surface area contributed by atoms with Crippen LogP contribution in [0.4, 0.5) is 26.5 Å². The molecule has 2 heterocycles. The van der Waals surface area contributed by atoms with Gasteiger partial charge in [-0.3, -0.25) is 0 Å². The van der Waals surface area contributed by atoms with Crippen LogP contribution in [-0.4, -0.2) is 31.3 Å². The number of benzene rings is 1. The highest BCUT2D eigenvalue weighted by molar-refractivity contribution is 5.50. The van der Waals surface area contributed by atoms with Crippen LogP contribution in [0.25, 0.3) is 0 Å². The molecule has 0 saturated heterocycles. The summed E-state index contributed by atoms with van der Waals surface area (Å²) >= 11 is 0. The Morgan fingerprint density at radius 1 is 1.07 bits per heavy atom. The lowest BCUT2D eigenvalue weighted by Gasteiger charge is -2.15. The number of halogens is 2. The molecule has 1 unspecified atom stereocenters. The summed E-state index contributed by atoms with van der Waals surface area (Å²) in [7, 11) is 0. The number of aromatic amines is 1. The Bertz CT molecular complexity index is 916. The first-order valence-electron chi connectivity index (χ1n) is 8.30. The van der Waals surface area contributed by atoms with E-state index in [0.717, 1.165) is 6.07 Å². The summed E-state index contributed by atoms with van der Waals surface area (Å²) in [5, 5.41) is 12.7. The molecule has 0 fully saturated rings. The molecule has 8 nitrogen and oxygen atoms in total. The van der Waals surface area contributed by atoms with E-state index in [-0.39, 0.29) is 18.0 Å². The van der Waals surface area contributed by atoms with E-state index in [9.17, 15) is 8.78 Å². The first kappa shape index (κ1) is 18.5. The number of rotatable bonds is 7. The fourth-order valence-corrected chi connectivity index (χ4v) is 2.35. The lowest BCUT2D eigenvalue weighted by Crippen LogP contribution is -2.12. The number of nitrogens with one attached hydrogen (secondary N) is 3. The molecule has 1 atom stereocenters. The van der Waals surface area contributed by atoms with Gasteiger partial charge in [-0.15, -0.1) is 0 Å². The minimum Gasteiger partial charge on any atom is -0.475 e. The molecule has 0 saturated carbocycles. The zero-order valence-corrected chi connectivity index (χ0v) is 15.0. The Morgan fingerprint density at radius 3 is 2.59 bits per heavy atom. The normalized spacial score (nSPS) is 12.1. The summed E-state index contributed by atoms with van der Waals surface area (Å²) in [6.45, 7) is 5.53. The van der Waals surface area contributed by atoms with Gasteiger partial charge in [0.25, 0.3) is 0 Å². The number of hydrogen-bond donors (Lipinski definition) is 3. The van der Waals surface area contributed by atoms with Gasteiger partial charge in [0.05, 0.1) is 12.1 Å². The minimum atomic E-state index is -0.642. The maximum absolute atomic E-state index is 13.9. The van der Waals surface area contributed by atoms with Crippen molar-refractivity contribution < 1.29 is 13.5 Å². The molecule has 142 valence electrons. The molecule has 0 aliphatic carbocycles. The van der Waals surface area contributed by atoms with Crippen molar-refractivity contribution in [1.29, 1.82) is 0 Å². The van der Waals surface area contributed by atoms with Gasteiger partial charge < -0.3 is 15.4 Å². The largest absolute Gasteiger partial charge is 0.475 e. The molecule has 10 heteroatoms. The Hall–Kier alpha value is -3.30. The molecule has 0 radical (unpaired) electrons. The molecule has 3 rings (SSSR count). The number of nitrogens with zero attached hydrogens (tertiary/aromatic N) is 4. The van der Waals surface area contributed by atoms with Crippen molar-refractivity contribution in [2.45, 2.75) is 32.9 Å². The molecular weight excluding hydrogens is 356 g/mol. The van der Waals surface area contributed by atoms with Crippen LogP contribution in [0.2, 0.25) is 0 Å². The van der Waals surface area contributed by atoms with Crippen LogP contribution in [-0.2, 0) is 0 Å². The van der Waals surface area contributed by atoms with Crippen molar-refractivity contribution in [3.8, 4) is 5.88 Å². The van der Waals surface area contributed by atoms with Crippen molar-refractivity contribution in [1.82, 2.24) is 25.1 Å². The lowest BCUT2D eigenvalue weighted by molar-refractivity contribution is 0.232. The number of anilines is 3. The van der Waals surface area contributed by atoms with Gasteiger partial charge in [-0.2, -0.15) is 10.1 Å². The smallest absolute Gasteiger partial charge is 0.233 e. The van der Waals surface area contributed by atoms with Crippen molar-refractivity contribution in [2.75, 3.05) is 10.6 Å². The molecule has 0 bridgehead atoms. The highest BCUT2D eigenvalue weighted by atomic mass is 19.1. The number of aromatic nitrogens is 5. The average Bonchev–Trinajstić information content (AvgIpc) is 3.01. The Balaban J connectivity index is 1.69. The second-order valence-corrected chi connectivity index (χ2v) is 6.07. The van der Waals surface area contributed by atoms with Crippen LogP contribution < -0.4 is 15.4 Å². The summed E-state index contributed by atoms with van der Waals surface area (Å²) in [4.78, 5) is 12.3. The SMILES string of the molecule is CC(C)Oc1cc(Nc2ncnc(NC(C)c3ccc(F)cc3F)n2)n[nH]1. The Labute approximate surface area is 154 Å². The first-order valence-corrected chi connectivity index (χ1v) is 8.30. The van der Waals surface area contributed by atoms with E-state index in [2.05, 4.69) is 35.8 Å². The van der Waals surface area contributed by atoms with Crippen molar-refractivity contribution in [2.24, 2.45) is 0 Å². The fourth-order valence-electron chi connectivity index (χ4n) is 2.35. The number of H-pyrrole nitrogens is 1. The predicted octanol–water partition coefficient (Wildman–Crippen LogP) is 3.58. The third kappa shape index (κ3) is 4.87. The third-order valence-corrected chi connectivity index (χ3v) is 3.50. The zero-order valence-electron chi connectivity index (χ0n) is 15.0. The maximum Gasteiger partial charge on any atom is 0.233 e. The van der Waals surface area contributed by atoms with Gasteiger partial charge >= 0.3 is 0 Å². The van der Waals surface area contributed by atoms with Crippen molar-refractivity contribution in [3.63, 3.8) is 0 Å². The molecule has 2 aromatic heterocycles. The summed E-state index contributed by atoms with van der Waals surface area (Å²) in [5.41, 5.74) is 0.300. The van der Waals surface area contributed by atoms with Crippen LogP contribution in [0, 0.1) is 11.6 Å². The van der Waals surface area contributed by atoms with Crippen LogP contribution >= 0.6 is 0 Å². The summed E-state index contributed by atoms with van der Waals surface area (Å²) < 4.78 is 32.4. The zero-order chi connectivity index (χ0) is 19.4. The first-order chi connectivity index (χ1) is 12.9. The van der Waals surface area contributed by atoms with Gasteiger partial charge in [0.1, 0.15) is 18.0 Å². The second kappa shape index (κ2) is 7.94. The average molecular weight is 375 g/mol. The van der Waals surface area contributed by atoms with E-state index in [1.54, 1.807) is 13.0 Å². The van der Waals surface area contributed by atoms with Crippen molar-refractivity contribution in [3.05, 3.63) is 47.8 Å². The standard InChI is InChI=1S/C17H19F2N7O/c1-9(2)27-15-7-14(25-26-15)23-17-21-8-20-16(24-17)22-10(3)12-5-4-11(18)6-13(12)19/h4-10H,1-3H3,(H3,20,21,22,23,24,25,26). The Morgan fingerprint density at radius 2 is 1.85 bits per heavy atom. The van der Waals surface area contributed by atoms with E-state index >= 15 is 0 Å². The molecule has 1 aromatic carbocycles. The molecular formula is C17H19F2N7O. The molecule has 27 heavy (non-hydrogen) atoms. The molecule has 0 aliphatic heterocycles. The summed E-state index contributed by atoms with van der Waals surface area (Å²) in [5.74, 6) is 0.201. The quantitative estimate of drug-likeness (QED) is 0.580. The van der Waals surface area contributed by atoms with Crippen LogP contribution in [0.1, 0.15) is 32.4 Å². The van der Waals surface area contributed by atoms with Gasteiger partial charge in [-0.05, 0) is 26.8 Å². The monoisotopic (exact) mass is 375 g/mol. The van der Waals surface area contributed by atoms with Crippen LogP contribution in [0.5, 0.6) is 5.88 Å². The summed E-state index contributed by atoms with van der Waals surface area (Å²) in [6, 6.07) is 4.61. The number of ether oxygens (including phenoxy) is 1. The fraction of sp³-hybridized carbons (Fsp3) is 0.294. The van der Waals surface area contributed by atoms with Crippen LogP contribution in [0.3, 0.4) is 0 Å². The molecule has 3 N–H and O–H groups in total. The minimum absolute atomic E-state index is 0.0135. The van der Waals surface area contributed by atoms with Crippen molar-refractivity contribution >= 4 is 17.7 Å². The van der Waals surface area contributed by atoms with Gasteiger partial charge in [0.15, 0.2) is 5.82 Å². The Kier molecular flexibility index (Phi) is 5.43. The lowest BCUT2D eigenvalue weighted by atomic mass is 10.1. The second-order valence-electron chi connectivity index (χ2n) is 6.07. The van der Waals surface area contributed by atoms with Gasteiger partial charge in [-0.25, -0.2) is 23.8 Å². The van der Waals surface area contributed by atoms with E-state index in [1.807, 2.05) is 13.8 Å². The molecule has 0 amide bonds.